The van der Waals surface area contributed by atoms with E-state index in [1.807, 2.05) is 31.2 Å². The van der Waals surface area contributed by atoms with Crippen LogP contribution in [0, 0.1) is 17.0 Å². The van der Waals surface area contributed by atoms with Crippen molar-refractivity contribution >= 4 is 23.4 Å². The zero-order chi connectivity index (χ0) is 15.2. The van der Waals surface area contributed by atoms with Crippen LogP contribution >= 0.6 is 0 Å². The van der Waals surface area contributed by atoms with Gasteiger partial charge in [-0.15, -0.1) is 0 Å². The van der Waals surface area contributed by atoms with Crippen molar-refractivity contribution in [1.82, 2.24) is 0 Å². The second-order valence-corrected chi connectivity index (χ2v) is 4.49. The van der Waals surface area contributed by atoms with E-state index in [0.29, 0.717) is 0 Å². The van der Waals surface area contributed by atoms with E-state index in [1.54, 1.807) is 18.2 Å². The monoisotopic (exact) mass is 282 g/mol. The number of rotatable bonds is 4. The molecule has 1 amide bonds. The highest BCUT2D eigenvalue weighted by atomic mass is 16.6. The Bertz CT molecular complexity index is 691. The number of carbonyl (C=O) groups is 1. The molecule has 106 valence electrons. The molecule has 0 unspecified atom stereocenters. The van der Waals surface area contributed by atoms with E-state index < -0.39 is 4.92 Å². The first kappa shape index (κ1) is 14.5. The molecular formula is C16H14N2O3. The standard InChI is InChI=1S/C16H14N2O3/c1-12-4-2-3-5-15(12)17-16(19)11-8-13-6-9-14(10-7-13)18(20)21/h2-11H,1H3,(H,17,19)/b11-8+. The molecule has 0 saturated heterocycles. The molecule has 0 aliphatic rings. The number of carbonyl (C=O) groups excluding carboxylic acids is 1. The summed E-state index contributed by atoms with van der Waals surface area (Å²) in [6, 6.07) is 13.5. The van der Waals surface area contributed by atoms with E-state index in [0.717, 1.165) is 16.8 Å². The average molecular weight is 282 g/mol. The Kier molecular flexibility index (Phi) is 4.46. The summed E-state index contributed by atoms with van der Waals surface area (Å²) in [6.07, 6.45) is 3.00. The number of nitrogens with zero attached hydrogens (tertiary/aromatic N) is 1. The number of non-ortho nitro benzene ring substituents is 1. The normalized spacial score (nSPS) is 10.5. The lowest BCUT2D eigenvalue weighted by molar-refractivity contribution is -0.384. The predicted octanol–water partition coefficient (Wildman–Crippen LogP) is 3.56. The molecular weight excluding hydrogens is 268 g/mol. The molecule has 0 bridgehead atoms. The topological polar surface area (TPSA) is 72.2 Å². The van der Waals surface area contributed by atoms with Crippen molar-refractivity contribution in [1.29, 1.82) is 0 Å². The fourth-order valence-electron chi connectivity index (χ4n) is 1.77. The van der Waals surface area contributed by atoms with Gasteiger partial charge in [0.05, 0.1) is 4.92 Å². The Morgan fingerprint density at radius 3 is 2.43 bits per heavy atom. The van der Waals surface area contributed by atoms with E-state index in [-0.39, 0.29) is 11.6 Å². The van der Waals surface area contributed by atoms with Crippen molar-refractivity contribution in [2.24, 2.45) is 0 Å². The number of hydrogen-bond donors (Lipinski definition) is 1. The van der Waals surface area contributed by atoms with Gasteiger partial charge in [-0.2, -0.15) is 0 Å². The van der Waals surface area contributed by atoms with Crippen molar-refractivity contribution in [3.8, 4) is 0 Å². The number of nitrogens with one attached hydrogen (secondary N) is 1. The first-order valence-electron chi connectivity index (χ1n) is 6.35. The van der Waals surface area contributed by atoms with Crippen LogP contribution < -0.4 is 5.32 Å². The minimum Gasteiger partial charge on any atom is -0.322 e. The van der Waals surface area contributed by atoms with Crippen LogP contribution in [0.5, 0.6) is 0 Å². The molecule has 1 N–H and O–H groups in total. The van der Waals surface area contributed by atoms with Gasteiger partial charge in [0, 0.05) is 23.9 Å². The highest BCUT2D eigenvalue weighted by Crippen LogP contribution is 2.14. The highest BCUT2D eigenvalue weighted by molar-refractivity contribution is 6.02. The lowest BCUT2D eigenvalue weighted by atomic mass is 10.2. The van der Waals surface area contributed by atoms with E-state index in [9.17, 15) is 14.9 Å². The van der Waals surface area contributed by atoms with E-state index in [4.69, 9.17) is 0 Å². The molecule has 0 heterocycles. The molecule has 2 rings (SSSR count). The minimum absolute atomic E-state index is 0.0245. The second-order valence-electron chi connectivity index (χ2n) is 4.49. The Morgan fingerprint density at radius 1 is 1.14 bits per heavy atom. The van der Waals surface area contributed by atoms with Crippen LogP contribution in [0.1, 0.15) is 11.1 Å². The largest absolute Gasteiger partial charge is 0.322 e. The van der Waals surface area contributed by atoms with Crippen LogP contribution in [-0.2, 0) is 4.79 Å². The quantitative estimate of drug-likeness (QED) is 0.529. The van der Waals surface area contributed by atoms with Crippen molar-refractivity contribution in [3.05, 3.63) is 75.8 Å². The van der Waals surface area contributed by atoms with Crippen LogP contribution in [0.2, 0.25) is 0 Å². The smallest absolute Gasteiger partial charge is 0.269 e. The molecule has 2 aromatic rings. The lowest BCUT2D eigenvalue weighted by Gasteiger charge is -2.05. The molecule has 0 radical (unpaired) electrons. The summed E-state index contributed by atoms with van der Waals surface area (Å²) in [7, 11) is 0. The maximum absolute atomic E-state index is 11.8. The van der Waals surface area contributed by atoms with Gasteiger partial charge in [0.15, 0.2) is 0 Å². The van der Waals surface area contributed by atoms with Crippen LogP contribution in [0.25, 0.3) is 6.08 Å². The fraction of sp³-hybridized carbons (Fsp3) is 0.0625. The number of amides is 1. The van der Waals surface area contributed by atoms with Gasteiger partial charge in [-0.25, -0.2) is 0 Å². The maximum Gasteiger partial charge on any atom is 0.269 e. The molecule has 5 nitrogen and oxygen atoms in total. The molecule has 0 aliphatic carbocycles. The summed E-state index contributed by atoms with van der Waals surface area (Å²) in [4.78, 5) is 21.9. The molecule has 5 heteroatoms. The van der Waals surface area contributed by atoms with Gasteiger partial charge in [0.1, 0.15) is 0 Å². The van der Waals surface area contributed by atoms with Gasteiger partial charge < -0.3 is 5.32 Å². The first-order valence-corrected chi connectivity index (χ1v) is 6.35. The molecule has 2 aromatic carbocycles. The third-order valence-electron chi connectivity index (χ3n) is 2.93. The number of anilines is 1. The van der Waals surface area contributed by atoms with Crippen molar-refractivity contribution in [2.75, 3.05) is 5.32 Å². The second kappa shape index (κ2) is 6.47. The molecule has 0 saturated carbocycles. The van der Waals surface area contributed by atoms with Crippen molar-refractivity contribution < 1.29 is 9.72 Å². The molecule has 0 aliphatic heterocycles. The van der Waals surface area contributed by atoms with E-state index >= 15 is 0 Å². The lowest BCUT2D eigenvalue weighted by Crippen LogP contribution is -2.08. The minimum atomic E-state index is -0.460. The van der Waals surface area contributed by atoms with Gasteiger partial charge in [-0.1, -0.05) is 18.2 Å². The number of aryl methyl sites for hydroxylation is 1. The summed E-state index contributed by atoms with van der Waals surface area (Å²) in [5.74, 6) is -0.248. The first-order chi connectivity index (χ1) is 10.1. The van der Waals surface area contributed by atoms with Gasteiger partial charge in [0.2, 0.25) is 5.91 Å². The highest BCUT2D eigenvalue weighted by Gasteiger charge is 2.03. The molecule has 0 fully saturated rings. The molecule has 0 spiro atoms. The summed E-state index contributed by atoms with van der Waals surface area (Å²) >= 11 is 0. The van der Waals surface area contributed by atoms with Gasteiger partial charge in [-0.05, 0) is 42.3 Å². The SMILES string of the molecule is Cc1ccccc1NC(=O)/C=C/c1ccc([N+](=O)[O-])cc1. The fourth-order valence-corrected chi connectivity index (χ4v) is 1.77. The maximum atomic E-state index is 11.8. The third-order valence-corrected chi connectivity index (χ3v) is 2.93. The average Bonchev–Trinajstić information content (AvgIpc) is 2.48. The summed E-state index contributed by atoms with van der Waals surface area (Å²) < 4.78 is 0. The number of nitro groups is 1. The predicted molar refractivity (Wildman–Crippen MR) is 81.9 cm³/mol. The van der Waals surface area contributed by atoms with Crippen molar-refractivity contribution in [2.45, 2.75) is 6.92 Å². The Hall–Kier alpha value is -2.95. The van der Waals surface area contributed by atoms with Crippen LogP contribution in [0.15, 0.2) is 54.6 Å². The van der Waals surface area contributed by atoms with E-state index in [1.165, 1.54) is 18.2 Å². The number of nitro benzene ring substituents is 1. The summed E-state index contributed by atoms with van der Waals surface area (Å²) in [6.45, 7) is 1.91. The van der Waals surface area contributed by atoms with E-state index in [2.05, 4.69) is 5.32 Å². The van der Waals surface area contributed by atoms with Crippen LogP contribution in [-0.4, -0.2) is 10.8 Å². The molecule has 0 aromatic heterocycles. The Labute approximate surface area is 122 Å². The third kappa shape index (κ3) is 4.01. The zero-order valence-electron chi connectivity index (χ0n) is 11.4. The molecule has 0 atom stereocenters. The van der Waals surface area contributed by atoms with Gasteiger partial charge in [0.25, 0.3) is 5.69 Å². The number of hydrogen-bond acceptors (Lipinski definition) is 3. The number of para-hydroxylation sites is 1. The Morgan fingerprint density at radius 2 is 1.81 bits per heavy atom. The molecule has 21 heavy (non-hydrogen) atoms. The zero-order valence-corrected chi connectivity index (χ0v) is 11.4. The van der Waals surface area contributed by atoms with Crippen molar-refractivity contribution in [3.63, 3.8) is 0 Å². The number of benzene rings is 2. The van der Waals surface area contributed by atoms with Gasteiger partial charge in [-0.3, -0.25) is 14.9 Å². The van der Waals surface area contributed by atoms with Crippen LogP contribution in [0.4, 0.5) is 11.4 Å². The summed E-state index contributed by atoms with van der Waals surface area (Å²) in [5.41, 5.74) is 2.49. The summed E-state index contributed by atoms with van der Waals surface area (Å²) in [5, 5.41) is 13.3. The van der Waals surface area contributed by atoms with Crippen LogP contribution in [0.3, 0.4) is 0 Å². The van der Waals surface area contributed by atoms with Gasteiger partial charge >= 0.3 is 0 Å². The Balaban J connectivity index is 2.02.